The van der Waals surface area contributed by atoms with Gasteiger partial charge in [0, 0.05) is 0 Å². The van der Waals surface area contributed by atoms with E-state index in [1.165, 1.54) is 6.08 Å². The first-order valence-electron chi connectivity index (χ1n) is 7.10. The van der Waals surface area contributed by atoms with Crippen molar-refractivity contribution in [1.29, 1.82) is 0 Å². The summed E-state index contributed by atoms with van der Waals surface area (Å²) in [5.74, 6) is -1.12. The predicted molar refractivity (Wildman–Crippen MR) is 91.3 cm³/mol. The van der Waals surface area contributed by atoms with Gasteiger partial charge in [-0.3, -0.25) is 14.9 Å². The van der Waals surface area contributed by atoms with E-state index in [2.05, 4.69) is 21.2 Å². The van der Waals surface area contributed by atoms with Gasteiger partial charge in [0.1, 0.15) is 11.3 Å². The SMILES string of the molecule is Cc1cc(C)cc(N2C(=O)NC(=O)/C(=C\c3ccc(Br)o3)C2=O)c1. The van der Waals surface area contributed by atoms with E-state index >= 15 is 0 Å². The Balaban J connectivity index is 2.04. The van der Waals surface area contributed by atoms with E-state index < -0.39 is 17.8 Å². The fraction of sp³-hybridized carbons (Fsp3) is 0.118. The lowest BCUT2D eigenvalue weighted by atomic mass is 10.1. The Hall–Kier alpha value is -2.67. The Bertz CT molecular complexity index is 877. The summed E-state index contributed by atoms with van der Waals surface area (Å²) in [6.45, 7) is 3.73. The second-order valence-electron chi connectivity index (χ2n) is 5.45. The van der Waals surface area contributed by atoms with Crippen LogP contribution < -0.4 is 10.2 Å². The van der Waals surface area contributed by atoms with Crippen LogP contribution >= 0.6 is 15.9 Å². The number of rotatable bonds is 2. The molecule has 6 nitrogen and oxygen atoms in total. The largest absolute Gasteiger partial charge is 0.450 e. The summed E-state index contributed by atoms with van der Waals surface area (Å²) in [6, 6.07) is 7.83. The molecule has 7 heteroatoms. The lowest BCUT2D eigenvalue weighted by Gasteiger charge is -2.26. The minimum atomic E-state index is -0.771. The molecule has 0 unspecified atom stereocenters. The number of hydrogen-bond acceptors (Lipinski definition) is 4. The molecule has 0 aliphatic carbocycles. The van der Waals surface area contributed by atoms with Gasteiger partial charge in [-0.25, -0.2) is 9.69 Å². The van der Waals surface area contributed by atoms with Crippen molar-refractivity contribution in [3.63, 3.8) is 0 Å². The van der Waals surface area contributed by atoms with Gasteiger partial charge in [0.15, 0.2) is 4.67 Å². The molecule has 0 saturated carbocycles. The number of nitrogens with zero attached hydrogens (tertiary/aromatic N) is 1. The van der Waals surface area contributed by atoms with Crippen LogP contribution in [-0.2, 0) is 9.59 Å². The van der Waals surface area contributed by atoms with Gasteiger partial charge in [0.05, 0.1) is 5.69 Å². The molecule has 0 atom stereocenters. The molecule has 122 valence electrons. The second kappa shape index (κ2) is 6.09. The van der Waals surface area contributed by atoms with Crippen LogP contribution in [-0.4, -0.2) is 17.8 Å². The van der Waals surface area contributed by atoms with Crippen LogP contribution in [0.5, 0.6) is 0 Å². The first kappa shape index (κ1) is 16.2. The number of hydrogen-bond donors (Lipinski definition) is 1. The summed E-state index contributed by atoms with van der Waals surface area (Å²) in [4.78, 5) is 37.8. The molecule has 0 spiro atoms. The molecule has 1 aromatic carbocycles. The third-order valence-corrected chi connectivity index (χ3v) is 3.87. The number of halogens is 1. The minimum Gasteiger partial charge on any atom is -0.450 e. The Morgan fingerprint density at radius 2 is 1.75 bits per heavy atom. The first-order chi connectivity index (χ1) is 11.3. The van der Waals surface area contributed by atoms with E-state index in [0.29, 0.717) is 16.1 Å². The van der Waals surface area contributed by atoms with Gasteiger partial charge in [-0.2, -0.15) is 0 Å². The zero-order valence-electron chi connectivity index (χ0n) is 12.9. The molecular weight excluding hydrogens is 376 g/mol. The standard InChI is InChI=1S/C17H13BrN2O4/c1-9-5-10(2)7-11(6-9)20-16(22)13(15(21)19-17(20)23)8-12-3-4-14(18)24-12/h3-8H,1-2H3,(H,19,21,23)/b13-8+. The number of benzene rings is 1. The Kier molecular flexibility index (Phi) is 4.11. The van der Waals surface area contributed by atoms with E-state index in [1.807, 2.05) is 19.9 Å². The summed E-state index contributed by atoms with van der Waals surface area (Å²) < 4.78 is 5.77. The average molecular weight is 389 g/mol. The molecule has 2 heterocycles. The molecule has 2 aromatic rings. The third-order valence-electron chi connectivity index (χ3n) is 3.45. The van der Waals surface area contributed by atoms with Crippen molar-refractivity contribution in [3.8, 4) is 0 Å². The lowest BCUT2D eigenvalue weighted by molar-refractivity contribution is -0.122. The smallest absolute Gasteiger partial charge is 0.335 e. The molecule has 1 saturated heterocycles. The fourth-order valence-electron chi connectivity index (χ4n) is 2.52. The minimum absolute atomic E-state index is 0.171. The maximum Gasteiger partial charge on any atom is 0.335 e. The predicted octanol–water partition coefficient (Wildman–Crippen LogP) is 3.33. The summed E-state index contributed by atoms with van der Waals surface area (Å²) in [6.07, 6.45) is 1.31. The van der Waals surface area contributed by atoms with Gasteiger partial charge in [0.2, 0.25) is 0 Å². The highest BCUT2D eigenvalue weighted by molar-refractivity contribution is 9.10. The zero-order chi connectivity index (χ0) is 17.4. The molecule has 0 radical (unpaired) electrons. The molecular formula is C17H13BrN2O4. The normalized spacial score (nSPS) is 16.7. The molecule has 1 N–H and O–H groups in total. The highest BCUT2D eigenvalue weighted by atomic mass is 79.9. The number of aryl methyl sites for hydroxylation is 2. The number of amides is 4. The second-order valence-corrected chi connectivity index (χ2v) is 6.23. The molecule has 4 amide bonds. The van der Waals surface area contributed by atoms with E-state index in [4.69, 9.17) is 4.42 Å². The Morgan fingerprint density at radius 1 is 1.08 bits per heavy atom. The van der Waals surface area contributed by atoms with Crippen LogP contribution in [0.25, 0.3) is 6.08 Å². The Labute approximate surface area is 146 Å². The van der Waals surface area contributed by atoms with Crippen LogP contribution in [0.4, 0.5) is 10.5 Å². The molecule has 1 aromatic heterocycles. The number of barbiturate groups is 1. The van der Waals surface area contributed by atoms with Gasteiger partial charge in [-0.1, -0.05) is 6.07 Å². The summed E-state index contributed by atoms with van der Waals surface area (Å²) in [7, 11) is 0. The fourth-order valence-corrected chi connectivity index (χ4v) is 2.84. The topological polar surface area (TPSA) is 79.6 Å². The average Bonchev–Trinajstić information content (AvgIpc) is 2.87. The third kappa shape index (κ3) is 3.03. The molecule has 3 rings (SSSR count). The van der Waals surface area contributed by atoms with Crippen LogP contribution in [0, 0.1) is 13.8 Å². The van der Waals surface area contributed by atoms with Crippen molar-refractivity contribution in [1.82, 2.24) is 5.32 Å². The maximum absolute atomic E-state index is 12.7. The lowest BCUT2D eigenvalue weighted by Crippen LogP contribution is -2.54. The highest BCUT2D eigenvalue weighted by Gasteiger charge is 2.37. The van der Waals surface area contributed by atoms with Crippen molar-refractivity contribution < 1.29 is 18.8 Å². The van der Waals surface area contributed by atoms with E-state index in [-0.39, 0.29) is 5.57 Å². The van der Waals surface area contributed by atoms with Crippen molar-refractivity contribution in [2.24, 2.45) is 0 Å². The maximum atomic E-state index is 12.7. The number of carbonyl (C=O) groups excluding carboxylic acids is 3. The Morgan fingerprint density at radius 3 is 2.33 bits per heavy atom. The van der Waals surface area contributed by atoms with Gasteiger partial charge < -0.3 is 4.42 Å². The van der Waals surface area contributed by atoms with Crippen molar-refractivity contribution >= 4 is 45.5 Å². The molecule has 1 fully saturated rings. The van der Waals surface area contributed by atoms with Crippen molar-refractivity contribution in [2.45, 2.75) is 13.8 Å². The number of carbonyl (C=O) groups is 3. The van der Waals surface area contributed by atoms with Gasteiger partial charge in [0.25, 0.3) is 11.8 Å². The van der Waals surface area contributed by atoms with Crippen molar-refractivity contribution in [2.75, 3.05) is 4.90 Å². The molecule has 0 bridgehead atoms. The quantitative estimate of drug-likeness (QED) is 0.631. The van der Waals surface area contributed by atoms with E-state index in [9.17, 15) is 14.4 Å². The first-order valence-corrected chi connectivity index (χ1v) is 7.89. The van der Waals surface area contributed by atoms with Crippen LogP contribution in [0.1, 0.15) is 16.9 Å². The number of imide groups is 2. The number of nitrogens with one attached hydrogen (secondary N) is 1. The van der Waals surface area contributed by atoms with Gasteiger partial charge in [-0.05, 0) is 71.2 Å². The molecule has 1 aliphatic heterocycles. The summed E-state index contributed by atoms with van der Waals surface area (Å²) in [5, 5.41) is 2.18. The van der Waals surface area contributed by atoms with E-state index in [0.717, 1.165) is 16.0 Å². The van der Waals surface area contributed by atoms with Gasteiger partial charge in [-0.15, -0.1) is 0 Å². The van der Waals surface area contributed by atoms with Crippen molar-refractivity contribution in [3.05, 3.63) is 57.5 Å². The summed E-state index contributed by atoms with van der Waals surface area (Å²) in [5.41, 5.74) is 2.05. The molecule has 24 heavy (non-hydrogen) atoms. The zero-order valence-corrected chi connectivity index (χ0v) is 14.5. The number of anilines is 1. The number of urea groups is 1. The monoisotopic (exact) mass is 388 g/mol. The number of furan rings is 1. The van der Waals surface area contributed by atoms with Crippen LogP contribution in [0.3, 0.4) is 0 Å². The van der Waals surface area contributed by atoms with E-state index in [1.54, 1.807) is 24.3 Å². The summed E-state index contributed by atoms with van der Waals surface area (Å²) >= 11 is 3.16. The highest BCUT2D eigenvalue weighted by Crippen LogP contribution is 2.25. The van der Waals surface area contributed by atoms with Crippen LogP contribution in [0.2, 0.25) is 0 Å². The molecule has 1 aliphatic rings. The van der Waals surface area contributed by atoms with Gasteiger partial charge >= 0.3 is 6.03 Å². The van der Waals surface area contributed by atoms with Crippen LogP contribution in [0.15, 0.2) is 45.0 Å².